The Hall–Kier alpha value is -0.660. The number of hydrogen-bond donors (Lipinski definition) is 2. The Morgan fingerprint density at radius 1 is 1.50 bits per heavy atom. The molecule has 6 nitrogen and oxygen atoms in total. The lowest BCUT2D eigenvalue weighted by molar-refractivity contribution is -0.136. The fourth-order valence-corrected chi connectivity index (χ4v) is 3.35. The van der Waals surface area contributed by atoms with Crippen LogP contribution in [0.5, 0.6) is 0 Å². The van der Waals surface area contributed by atoms with Gasteiger partial charge in [-0.15, -0.1) is 0 Å². The van der Waals surface area contributed by atoms with Gasteiger partial charge < -0.3 is 10.8 Å². The molecule has 16 heavy (non-hydrogen) atoms. The summed E-state index contributed by atoms with van der Waals surface area (Å²) in [5.41, 5.74) is 5.52. The zero-order valence-corrected chi connectivity index (χ0v) is 9.95. The predicted molar refractivity (Wildman–Crippen MR) is 59.4 cm³/mol. The van der Waals surface area contributed by atoms with Crippen molar-refractivity contribution in [3.8, 4) is 0 Å². The molecule has 0 amide bonds. The van der Waals surface area contributed by atoms with Gasteiger partial charge in [0, 0.05) is 13.1 Å². The highest BCUT2D eigenvalue weighted by atomic mass is 32.2. The van der Waals surface area contributed by atoms with E-state index in [1.807, 2.05) is 0 Å². The van der Waals surface area contributed by atoms with Gasteiger partial charge in [-0.2, -0.15) is 0 Å². The highest BCUT2D eigenvalue weighted by Crippen LogP contribution is 2.18. The van der Waals surface area contributed by atoms with E-state index in [1.54, 1.807) is 0 Å². The maximum Gasteiger partial charge on any atom is 0.304 e. The number of carboxylic acid groups (broad SMARTS) is 1. The second kappa shape index (κ2) is 5.60. The summed E-state index contributed by atoms with van der Waals surface area (Å²) in [7, 11) is -3.42. The molecule has 0 spiro atoms. The molecule has 0 aromatic heterocycles. The number of nitrogens with zero attached hydrogens (tertiary/aromatic N) is 1. The molecule has 3 N–H and O–H groups in total. The molecule has 1 unspecified atom stereocenters. The monoisotopic (exact) mass is 250 g/mol. The predicted octanol–water partition coefficient (Wildman–Crippen LogP) is -0.538. The topological polar surface area (TPSA) is 101 Å². The van der Waals surface area contributed by atoms with Crippen LogP contribution in [0.1, 0.15) is 19.3 Å². The summed E-state index contributed by atoms with van der Waals surface area (Å²) < 4.78 is 24.9. The van der Waals surface area contributed by atoms with E-state index in [4.69, 9.17) is 10.8 Å². The first-order valence-electron chi connectivity index (χ1n) is 5.35. The Balaban J connectivity index is 2.57. The van der Waals surface area contributed by atoms with E-state index >= 15 is 0 Å². The van der Waals surface area contributed by atoms with Crippen molar-refractivity contribution in [1.29, 1.82) is 0 Å². The van der Waals surface area contributed by atoms with Crippen LogP contribution in [-0.4, -0.2) is 49.2 Å². The molecule has 0 aromatic rings. The van der Waals surface area contributed by atoms with Crippen molar-refractivity contribution >= 4 is 16.0 Å². The number of carbonyl (C=O) groups is 1. The fraction of sp³-hybridized carbons (Fsp3) is 0.889. The normalized spacial score (nSPS) is 23.2. The van der Waals surface area contributed by atoms with Crippen LogP contribution in [0.3, 0.4) is 0 Å². The second-order valence-corrected chi connectivity index (χ2v) is 6.15. The molecule has 1 saturated heterocycles. The van der Waals surface area contributed by atoms with E-state index in [0.29, 0.717) is 19.6 Å². The molecule has 1 atom stereocenters. The van der Waals surface area contributed by atoms with Crippen LogP contribution in [0.2, 0.25) is 0 Å². The molecule has 0 aromatic carbocycles. The molecular weight excluding hydrogens is 232 g/mol. The van der Waals surface area contributed by atoms with E-state index in [-0.39, 0.29) is 18.1 Å². The molecule has 1 heterocycles. The third kappa shape index (κ3) is 3.73. The number of carboxylic acids is 1. The van der Waals surface area contributed by atoms with Crippen LogP contribution in [0, 0.1) is 5.92 Å². The number of aliphatic carboxylic acids is 1. The third-order valence-electron chi connectivity index (χ3n) is 2.78. The molecule has 1 aliphatic heterocycles. The maximum atomic E-state index is 11.8. The van der Waals surface area contributed by atoms with Crippen molar-refractivity contribution in [3.63, 3.8) is 0 Å². The minimum Gasteiger partial charge on any atom is -0.481 e. The Labute approximate surface area is 95.5 Å². The fourth-order valence-electron chi connectivity index (χ4n) is 1.82. The lowest BCUT2D eigenvalue weighted by Crippen LogP contribution is -2.43. The van der Waals surface area contributed by atoms with Crippen molar-refractivity contribution in [1.82, 2.24) is 4.31 Å². The zero-order chi connectivity index (χ0) is 12.2. The largest absolute Gasteiger partial charge is 0.481 e. The number of nitrogens with two attached hydrogens (primary N) is 1. The first kappa shape index (κ1) is 13.4. The molecule has 0 saturated carbocycles. The van der Waals surface area contributed by atoms with Gasteiger partial charge in [0.1, 0.15) is 0 Å². The highest BCUT2D eigenvalue weighted by molar-refractivity contribution is 7.89. The summed E-state index contributed by atoms with van der Waals surface area (Å²) in [6.07, 6.45) is 1.40. The van der Waals surface area contributed by atoms with Crippen molar-refractivity contribution in [2.75, 3.05) is 25.4 Å². The van der Waals surface area contributed by atoms with E-state index in [2.05, 4.69) is 0 Å². The van der Waals surface area contributed by atoms with E-state index in [0.717, 1.165) is 12.8 Å². The lowest BCUT2D eigenvalue weighted by atomic mass is 10.0. The minimum absolute atomic E-state index is 0.202. The summed E-state index contributed by atoms with van der Waals surface area (Å²) in [4.78, 5) is 10.3. The lowest BCUT2D eigenvalue weighted by Gasteiger charge is -2.31. The average molecular weight is 250 g/mol. The summed E-state index contributed by atoms with van der Waals surface area (Å²) in [5, 5.41) is 8.47. The Morgan fingerprint density at radius 3 is 2.75 bits per heavy atom. The van der Waals surface area contributed by atoms with Crippen molar-refractivity contribution in [3.05, 3.63) is 0 Å². The summed E-state index contributed by atoms with van der Waals surface area (Å²) in [5.74, 6) is -1.20. The second-order valence-electron chi connectivity index (χ2n) is 4.06. The van der Waals surface area contributed by atoms with Gasteiger partial charge in [0.15, 0.2) is 0 Å². The minimum atomic E-state index is -3.42. The number of hydrogen-bond acceptors (Lipinski definition) is 4. The van der Waals surface area contributed by atoms with Crippen molar-refractivity contribution < 1.29 is 18.3 Å². The SMILES string of the molecule is NCC1CCCN(S(=O)(=O)CCC(=O)O)C1. The molecule has 0 radical (unpaired) electrons. The van der Waals surface area contributed by atoms with Crippen LogP contribution in [0.25, 0.3) is 0 Å². The first-order valence-corrected chi connectivity index (χ1v) is 6.96. The van der Waals surface area contributed by atoms with Crippen LogP contribution >= 0.6 is 0 Å². The van der Waals surface area contributed by atoms with Crippen molar-refractivity contribution in [2.45, 2.75) is 19.3 Å². The summed E-state index contributed by atoms with van der Waals surface area (Å²) >= 11 is 0. The van der Waals surface area contributed by atoms with Gasteiger partial charge in [-0.3, -0.25) is 4.79 Å². The van der Waals surface area contributed by atoms with Gasteiger partial charge in [0.25, 0.3) is 0 Å². The number of piperidine rings is 1. The van der Waals surface area contributed by atoms with Gasteiger partial charge in [0.05, 0.1) is 12.2 Å². The van der Waals surface area contributed by atoms with E-state index in [9.17, 15) is 13.2 Å². The van der Waals surface area contributed by atoms with Crippen LogP contribution in [0.15, 0.2) is 0 Å². The Kier molecular flexibility index (Phi) is 4.69. The quantitative estimate of drug-likeness (QED) is 0.682. The Morgan fingerprint density at radius 2 is 2.19 bits per heavy atom. The van der Waals surface area contributed by atoms with E-state index in [1.165, 1.54) is 4.31 Å². The zero-order valence-electron chi connectivity index (χ0n) is 9.13. The van der Waals surface area contributed by atoms with Gasteiger partial charge in [-0.05, 0) is 25.3 Å². The third-order valence-corrected chi connectivity index (χ3v) is 4.62. The summed E-state index contributed by atoms with van der Waals surface area (Å²) in [6, 6.07) is 0. The molecular formula is C9H18N2O4S. The van der Waals surface area contributed by atoms with Gasteiger partial charge in [-0.1, -0.05) is 0 Å². The molecule has 94 valence electrons. The number of rotatable bonds is 5. The Bertz CT molecular complexity index is 341. The average Bonchev–Trinajstić information content (AvgIpc) is 2.27. The molecule has 0 bridgehead atoms. The van der Waals surface area contributed by atoms with E-state index < -0.39 is 16.0 Å². The summed E-state index contributed by atoms with van der Waals surface area (Å²) in [6.45, 7) is 1.39. The van der Waals surface area contributed by atoms with Gasteiger partial charge >= 0.3 is 5.97 Å². The first-order chi connectivity index (χ1) is 7.45. The molecule has 7 heteroatoms. The molecule has 0 aliphatic carbocycles. The van der Waals surface area contributed by atoms with Crippen LogP contribution in [-0.2, 0) is 14.8 Å². The standard InChI is InChI=1S/C9H18N2O4S/c10-6-8-2-1-4-11(7-8)16(14,15)5-3-9(12)13/h8H,1-7,10H2,(H,12,13). The molecule has 1 aliphatic rings. The van der Waals surface area contributed by atoms with Gasteiger partial charge in [-0.25, -0.2) is 12.7 Å². The number of sulfonamides is 1. The van der Waals surface area contributed by atoms with Gasteiger partial charge in [0.2, 0.25) is 10.0 Å². The maximum absolute atomic E-state index is 11.8. The smallest absolute Gasteiger partial charge is 0.304 e. The highest BCUT2D eigenvalue weighted by Gasteiger charge is 2.28. The molecule has 1 rings (SSSR count). The van der Waals surface area contributed by atoms with Crippen molar-refractivity contribution in [2.24, 2.45) is 11.7 Å². The van der Waals surface area contributed by atoms with Crippen LogP contribution in [0.4, 0.5) is 0 Å². The molecule has 1 fully saturated rings. The van der Waals surface area contributed by atoms with Crippen LogP contribution < -0.4 is 5.73 Å².